The van der Waals surface area contributed by atoms with Gasteiger partial charge < -0.3 is 10.1 Å². The predicted octanol–water partition coefficient (Wildman–Crippen LogP) is 4.29. The van der Waals surface area contributed by atoms with Gasteiger partial charge in [-0.3, -0.25) is 9.36 Å². The van der Waals surface area contributed by atoms with Crippen LogP contribution in [0.4, 0.5) is 0 Å². The summed E-state index contributed by atoms with van der Waals surface area (Å²) in [4.78, 5) is 17.0. The summed E-state index contributed by atoms with van der Waals surface area (Å²) in [5.41, 5.74) is 2.91. The highest BCUT2D eigenvalue weighted by Gasteiger charge is 2.16. The molecule has 3 aromatic rings. The van der Waals surface area contributed by atoms with E-state index in [1.54, 1.807) is 7.11 Å². The molecule has 1 N–H and O–H groups in total. The molecule has 0 aliphatic rings. The molecule has 1 atom stereocenters. The molecule has 1 amide bonds. The summed E-state index contributed by atoms with van der Waals surface area (Å²) in [6.07, 6.45) is 0. The minimum absolute atomic E-state index is 0.0227. The maximum Gasteiger partial charge on any atom is 0.230 e. The van der Waals surface area contributed by atoms with Crippen LogP contribution in [0.1, 0.15) is 20.8 Å². The maximum atomic E-state index is 12.3. The number of para-hydroxylation sites is 2. The fourth-order valence-electron chi connectivity index (χ4n) is 2.67. The number of hydrogen-bond donors (Lipinski definition) is 1. The fourth-order valence-corrected chi connectivity index (χ4v) is 3.51. The number of fused-ring (bicyclic) bond motifs is 1. The van der Waals surface area contributed by atoms with Gasteiger partial charge in [-0.1, -0.05) is 37.7 Å². The third kappa shape index (κ3) is 4.45. The van der Waals surface area contributed by atoms with Crippen molar-refractivity contribution in [2.75, 3.05) is 12.9 Å². The molecule has 0 unspecified atom stereocenters. The Hall–Kier alpha value is -2.47. The average Bonchev–Trinajstić information content (AvgIpc) is 3.04. The van der Waals surface area contributed by atoms with Crippen LogP contribution >= 0.6 is 11.8 Å². The molecule has 1 heterocycles. The number of amides is 1. The van der Waals surface area contributed by atoms with Crippen molar-refractivity contribution >= 4 is 28.7 Å². The molecule has 0 aliphatic heterocycles. The van der Waals surface area contributed by atoms with E-state index in [1.807, 2.05) is 55.5 Å². The second-order valence-corrected chi connectivity index (χ2v) is 7.75. The molecule has 1 aromatic heterocycles. The van der Waals surface area contributed by atoms with Crippen LogP contribution in [-0.4, -0.2) is 34.4 Å². The number of carbonyl (C=O) groups is 1. The molecule has 5 nitrogen and oxygen atoms in total. The average molecular weight is 384 g/mol. The smallest absolute Gasteiger partial charge is 0.230 e. The molecule has 142 valence electrons. The number of benzene rings is 2. The van der Waals surface area contributed by atoms with Crippen molar-refractivity contribution in [1.82, 2.24) is 14.9 Å². The molecule has 0 bridgehead atoms. The summed E-state index contributed by atoms with van der Waals surface area (Å²) in [6.45, 7) is 6.22. The van der Waals surface area contributed by atoms with Crippen molar-refractivity contribution < 1.29 is 9.53 Å². The number of hydrogen-bond acceptors (Lipinski definition) is 4. The Kier molecular flexibility index (Phi) is 6.06. The summed E-state index contributed by atoms with van der Waals surface area (Å²) in [5.74, 6) is 1.56. The van der Waals surface area contributed by atoms with E-state index >= 15 is 0 Å². The van der Waals surface area contributed by atoms with Gasteiger partial charge in [0.25, 0.3) is 0 Å². The lowest BCUT2D eigenvalue weighted by Crippen LogP contribution is -2.37. The number of imidazole rings is 1. The van der Waals surface area contributed by atoms with E-state index < -0.39 is 0 Å². The van der Waals surface area contributed by atoms with E-state index in [0.29, 0.717) is 11.7 Å². The highest BCUT2D eigenvalue weighted by atomic mass is 32.2. The van der Waals surface area contributed by atoms with E-state index in [1.165, 1.54) is 11.8 Å². The molecule has 0 radical (unpaired) electrons. The Morgan fingerprint density at radius 2 is 1.85 bits per heavy atom. The summed E-state index contributed by atoms with van der Waals surface area (Å²) >= 11 is 1.45. The maximum absolute atomic E-state index is 12.3. The monoisotopic (exact) mass is 383 g/mol. The first-order valence-corrected chi connectivity index (χ1v) is 10.0. The molecule has 6 heteroatoms. The second-order valence-electron chi connectivity index (χ2n) is 6.81. The van der Waals surface area contributed by atoms with Crippen LogP contribution in [0, 0.1) is 5.92 Å². The first-order valence-electron chi connectivity index (χ1n) is 9.03. The second kappa shape index (κ2) is 8.48. The Morgan fingerprint density at radius 1 is 1.15 bits per heavy atom. The van der Waals surface area contributed by atoms with Crippen molar-refractivity contribution in [3.63, 3.8) is 0 Å². The summed E-state index contributed by atoms with van der Waals surface area (Å²) < 4.78 is 7.34. The zero-order chi connectivity index (χ0) is 19.4. The molecular formula is C21H25N3O2S. The normalized spacial score (nSPS) is 12.3. The number of aromatic nitrogens is 2. The molecule has 0 aliphatic carbocycles. The minimum Gasteiger partial charge on any atom is -0.497 e. The highest BCUT2D eigenvalue weighted by molar-refractivity contribution is 7.99. The quantitative estimate of drug-likeness (QED) is 0.619. The van der Waals surface area contributed by atoms with Gasteiger partial charge in [0.05, 0.1) is 23.9 Å². The van der Waals surface area contributed by atoms with E-state index in [4.69, 9.17) is 9.72 Å². The minimum atomic E-state index is 0.0227. The first kappa shape index (κ1) is 19.3. The van der Waals surface area contributed by atoms with Gasteiger partial charge in [-0.05, 0) is 49.2 Å². The Morgan fingerprint density at radius 3 is 2.52 bits per heavy atom. The molecule has 27 heavy (non-hydrogen) atoms. The van der Waals surface area contributed by atoms with Gasteiger partial charge >= 0.3 is 0 Å². The van der Waals surface area contributed by atoms with Crippen molar-refractivity contribution in [3.8, 4) is 11.4 Å². The largest absolute Gasteiger partial charge is 0.497 e. The third-order valence-electron chi connectivity index (χ3n) is 4.58. The van der Waals surface area contributed by atoms with Gasteiger partial charge in [-0.2, -0.15) is 0 Å². The lowest BCUT2D eigenvalue weighted by molar-refractivity contribution is -0.119. The number of thioether (sulfide) groups is 1. The first-order chi connectivity index (χ1) is 13.0. The van der Waals surface area contributed by atoms with Gasteiger partial charge in [-0.15, -0.1) is 0 Å². The zero-order valence-electron chi connectivity index (χ0n) is 16.1. The zero-order valence-corrected chi connectivity index (χ0v) is 16.9. The Balaban J connectivity index is 1.87. The van der Waals surface area contributed by atoms with Gasteiger partial charge in [-0.25, -0.2) is 4.98 Å². The SMILES string of the molecule is COc1ccc(-n2c(SCC(=O)N[C@@H](C)C(C)C)nc3ccccc32)cc1. The van der Waals surface area contributed by atoms with E-state index in [2.05, 4.69) is 23.7 Å². The third-order valence-corrected chi connectivity index (χ3v) is 5.52. The number of carbonyl (C=O) groups excluding carboxylic acids is 1. The highest BCUT2D eigenvalue weighted by Crippen LogP contribution is 2.28. The van der Waals surface area contributed by atoms with Crippen molar-refractivity contribution in [2.45, 2.75) is 32.0 Å². The van der Waals surface area contributed by atoms with Gasteiger partial charge in [0, 0.05) is 11.7 Å². The van der Waals surface area contributed by atoms with Crippen LogP contribution in [0.15, 0.2) is 53.7 Å². The van der Waals surface area contributed by atoms with Crippen LogP contribution in [0.3, 0.4) is 0 Å². The fraction of sp³-hybridized carbons (Fsp3) is 0.333. The Bertz CT molecular complexity index is 919. The van der Waals surface area contributed by atoms with Crippen molar-refractivity contribution in [2.24, 2.45) is 5.92 Å². The number of methoxy groups -OCH3 is 1. The molecule has 0 saturated carbocycles. The molecule has 2 aromatic carbocycles. The van der Waals surface area contributed by atoms with Gasteiger partial charge in [0.15, 0.2) is 5.16 Å². The van der Waals surface area contributed by atoms with E-state index in [9.17, 15) is 4.79 Å². The van der Waals surface area contributed by atoms with Crippen LogP contribution in [0.25, 0.3) is 16.7 Å². The molecule has 0 spiro atoms. The summed E-state index contributed by atoms with van der Waals surface area (Å²) in [5, 5.41) is 3.84. The number of ether oxygens (including phenoxy) is 1. The van der Waals surface area contributed by atoms with Crippen LogP contribution in [0.5, 0.6) is 5.75 Å². The number of nitrogens with zero attached hydrogens (tertiary/aromatic N) is 2. The van der Waals surface area contributed by atoms with Gasteiger partial charge in [0.1, 0.15) is 5.75 Å². The molecule has 0 saturated heterocycles. The Labute approximate surface area is 164 Å². The van der Waals surface area contributed by atoms with Crippen molar-refractivity contribution in [3.05, 3.63) is 48.5 Å². The topological polar surface area (TPSA) is 56.1 Å². The van der Waals surface area contributed by atoms with Crippen LogP contribution in [-0.2, 0) is 4.79 Å². The lowest BCUT2D eigenvalue weighted by atomic mass is 10.1. The number of nitrogens with one attached hydrogen (secondary N) is 1. The van der Waals surface area contributed by atoms with Crippen molar-refractivity contribution in [1.29, 1.82) is 0 Å². The van der Waals surface area contributed by atoms with Crippen LogP contribution < -0.4 is 10.1 Å². The summed E-state index contributed by atoms with van der Waals surface area (Å²) in [7, 11) is 1.65. The predicted molar refractivity (Wildman–Crippen MR) is 111 cm³/mol. The molecule has 3 rings (SSSR count). The lowest BCUT2D eigenvalue weighted by Gasteiger charge is -2.17. The van der Waals surface area contributed by atoms with Gasteiger partial charge in [0.2, 0.25) is 5.91 Å². The van der Waals surface area contributed by atoms with E-state index in [-0.39, 0.29) is 11.9 Å². The summed E-state index contributed by atoms with van der Waals surface area (Å²) in [6, 6.07) is 16.0. The molecule has 0 fully saturated rings. The standard InChI is InChI=1S/C21H25N3O2S/c1-14(2)15(3)22-20(25)13-27-21-23-18-7-5-6-8-19(18)24(21)16-9-11-17(26-4)12-10-16/h5-12,14-15H,13H2,1-4H3,(H,22,25)/t15-/m0/s1. The molecular weight excluding hydrogens is 358 g/mol. The van der Waals surface area contributed by atoms with E-state index in [0.717, 1.165) is 27.6 Å². The van der Waals surface area contributed by atoms with Crippen LogP contribution in [0.2, 0.25) is 0 Å². The number of rotatable bonds is 7.